The van der Waals surface area contributed by atoms with E-state index in [0.29, 0.717) is 29.3 Å². The number of nitrogens with one attached hydrogen (secondary N) is 1. The molecule has 2 aliphatic carbocycles. The Morgan fingerprint density at radius 3 is 2.37 bits per heavy atom. The third-order valence-electron chi connectivity index (χ3n) is 3.95. The largest absolute Gasteiger partial charge is 0.478 e. The smallest absolute Gasteiger partial charge is 0.338 e. The minimum Gasteiger partial charge on any atom is -0.478 e. The number of anilines is 2. The molecule has 0 aliphatic heterocycles. The normalized spacial score (nSPS) is 18.6. The van der Waals surface area contributed by atoms with Crippen LogP contribution in [0.1, 0.15) is 36.0 Å². The Balaban J connectivity index is 1.83. The van der Waals surface area contributed by atoms with Crippen LogP contribution in [0.2, 0.25) is 0 Å². The lowest BCUT2D eigenvalue weighted by molar-refractivity contribution is 0.0692. The van der Waals surface area contributed by atoms with Gasteiger partial charge in [0.25, 0.3) is 0 Å². The molecule has 2 fully saturated rings. The summed E-state index contributed by atoms with van der Waals surface area (Å²) < 4.78 is 13.7. The lowest BCUT2D eigenvalue weighted by Gasteiger charge is -2.20. The van der Waals surface area contributed by atoms with Crippen molar-refractivity contribution in [3.05, 3.63) is 23.5 Å². The van der Waals surface area contributed by atoms with Crippen LogP contribution in [0.25, 0.3) is 0 Å². The minimum atomic E-state index is -1.29. The summed E-state index contributed by atoms with van der Waals surface area (Å²) in [6, 6.07) is 2.75. The zero-order valence-corrected chi connectivity index (χ0v) is 10.5. The van der Waals surface area contributed by atoms with Gasteiger partial charge in [0.1, 0.15) is 5.82 Å². The van der Waals surface area contributed by atoms with Crippen molar-refractivity contribution in [3.8, 4) is 0 Å². The molecular weight excluding hydrogens is 247 g/mol. The topological polar surface area (TPSA) is 75.4 Å². The highest BCUT2D eigenvalue weighted by Gasteiger charge is 2.41. The van der Waals surface area contributed by atoms with Crippen molar-refractivity contribution in [1.29, 1.82) is 0 Å². The maximum absolute atomic E-state index is 13.7. The Kier molecular flexibility index (Phi) is 2.84. The maximum atomic E-state index is 13.7. The Bertz CT molecular complexity index is 512. The second-order valence-electron chi connectivity index (χ2n) is 5.57. The van der Waals surface area contributed by atoms with Crippen molar-refractivity contribution >= 4 is 17.3 Å². The van der Waals surface area contributed by atoms with E-state index < -0.39 is 11.8 Å². The first kappa shape index (κ1) is 12.3. The average molecular weight is 264 g/mol. The highest BCUT2D eigenvalue weighted by molar-refractivity contribution is 5.90. The van der Waals surface area contributed by atoms with Crippen LogP contribution < -0.4 is 11.1 Å². The van der Waals surface area contributed by atoms with Crippen LogP contribution in [0.5, 0.6) is 0 Å². The molecule has 1 aromatic rings. The molecule has 0 bridgehead atoms. The van der Waals surface area contributed by atoms with Gasteiger partial charge in [-0.25, -0.2) is 9.18 Å². The maximum Gasteiger partial charge on any atom is 0.338 e. The number of carboxylic acids is 1. The van der Waals surface area contributed by atoms with Crippen LogP contribution in [-0.2, 0) is 0 Å². The van der Waals surface area contributed by atoms with E-state index in [4.69, 9.17) is 10.8 Å². The van der Waals surface area contributed by atoms with Gasteiger partial charge >= 0.3 is 5.97 Å². The quantitative estimate of drug-likeness (QED) is 0.715. The Labute approximate surface area is 110 Å². The lowest BCUT2D eigenvalue weighted by atomic mass is 10.1. The summed E-state index contributed by atoms with van der Waals surface area (Å²) in [5, 5.41) is 12.2. The number of aromatic carboxylic acids is 1. The average Bonchev–Trinajstić information content (AvgIpc) is 3.22. The molecule has 0 heterocycles. The Hall–Kier alpha value is -1.78. The summed E-state index contributed by atoms with van der Waals surface area (Å²) in [7, 11) is 0. The summed E-state index contributed by atoms with van der Waals surface area (Å²) in [6.07, 6.45) is 4.85. The molecule has 0 atom stereocenters. The number of carbonyl (C=O) groups is 1. The van der Waals surface area contributed by atoms with Gasteiger partial charge in [-0.1, -0.05) is 0 Å². The molecule has 1 aromatic carbocycles. The first-order chi connectivity index (χ1) is 9.06. The van der Waals surface area contributed by atoms with E-state index in [2.05, 4.69) is 5.32 Å². The molecule has 0 aromatic heterocycles. The third kappa shape index (κ3) is 2.50. The summed E-state index contributed by atoms with van der Waals surface area (Å²) >= 11 is 0. The van der Waals surface area contributed by atoms with Gasteiger partial charge in [0.15, 0.2) is 0 Å². The van der Waals surface area contributed by atoms with E-state index in [9.17, 15) is 9.18 Å². The molecule has 2 saturated carbocycles. The van der Waals surface area contributed by atoms with E-state index in [1.54, 1.807) is 0 Å². The van der Waals surface area contributed by atoms with E-state index >= 15 is 0 Å². The molecule has 5 heteroatoms. The monoisotopic (exact) mass is 264 g/mol. The van der Waals surface area contributed by atoms with Crippen molar-refractivity contribution in [1.82, 2.24) is 0 Å². The molecule has 0 unspecified atom stereocenters. The third-order valence-corrected chi connectivity index (χ3v) is 3.95. The zero-order valence-electron chi connectivity index (χ0n) is 10.5. The van der Waals surface area contributed by atoms with E-state index in [1.807, 2.05) is 0 Å². The Morgan fingerprint density at radius 2 is 1.89 bits per heavy atom. The first-order valence-corrected chi connectivity index (χ1v) is 6.65. The van der Waals surface area contributed by atoms with Crippen LogP contribution in [0, 0.1) is 17.7 Å². The second-order valence-corrected chi connectivity index (χ2v) is 5.57. The predicted octanol–water partition coefficient (Wildman–Crippen LogP) is 2.71. The van der Waals surface area contributed by atoms with Crippen molar-refractivity contribution in [2.75, 3.05) is 11.1 Å². The second kappa shape index (κ2) is 4.40. The first-order valence-electron chi connectivity index (χ1n) is 6.65. The summed E-state index contributed by atoms with van der Waals surface area (Å²) in [5.74, 6) is -0.713. The highest BCUT2D eigenvalue weighted by Crippen LogP contribution is 2.46. The van der Waals surface area contributed by atoms with Gasteiger partial charge in [-0.05, 0) is 49.7 Å². The number of nitrogen functional groups attached to an aromatic ring is 1. The standard InChI is InChI=1S/C14H17FN2O2/c15-10-6-12(11(16)5-9(10)14(18)19)17-13(7-1-2-7)8-3-4-8/h5-8,13,17H,1-4,16H2,(H,18,19). The number of nitrogens with two attached hydrogens (primary N) is 1. The van der Waals surface area contributed by atoms with Crippen molar-refractivity contribution < 1.29 is 14.3 Å². The van der Waals surface area contributed by atoms with Crippen LogP contribution in [0.3, 0.4) is 0 Å². The highest BCUT2D eigenvalue weighted by atomic mass is 19.1. The van der Waals surface area contributed by atoms with Crippen LogP contribution in [-0.4, -0.2) is 17.1 Å². The molecule has 3 rings (SSSR count). The molecule has 4 nitrogen and oxygen atoms in total. The summed E-state index contributed by atoms with van der Waals surface area (Å²) in [5.41, 5.74) is 6.26. The van der Waals surface area contributed by atoms with Gasteiger partial charge in [0.05, 0.1) is 16.9 Å². The number of carboxylic acid groups (broad SMARTS) is 1. The SMILES string of the molecule is Nc1cc(C(=O)O)c(F)cc1NC(C1CC1)C1CC1. The number of benzene rings is 1. The van der Waals surface area contributed by atoms with Gasteiger partial charge < -0.3 is 16.2 Å². The molecule has 19 heavy (non-hydrogen) atoms. The fraction of sp³-hybridized carbons (Fsp3) is 0.500. The zero-order chi connectivity index (χ0) is 13.6. The molecule has 0 saturated heterocycles. The Morgan fingerprint density at radius 1 is 1.32 bits per heavy atom. The number of rotatable bonds is 5. The summed E-state index contributed by atoms with van der Waals surface area (Å²) in [4.78, 5) is 10.8. The molecule has 102 valence electrons. The molecule has 0 radical (unpaired) electrons. The van der Waals surface area contributed by atoms with E-state index in [1.165, 1.54) is 37.8 Å². The van der Waals surface area contributed by atoms with Crippen LogP contribution in [0.4, 0.5) is 15.8 Å². The number of halogens is 1. The lowest BCUT2D eigenvalue weighted by Crippen LogP contribution is -2.25. The van der Waals surface area contributed by atoms with Gasteiger partial charge in [-0.2, -0.15) is 0 Å². The van der Waals surface area contributed by atoms with Gasteiger partial charge in [0.2, 0.25) is 0 Å². The number of hydrogen-bond acceptors (Lipinski definition) is 3. The fourth-order valence-electron chi connectivity index (χ4n) is 2.59. The number of hydrogen-bond donors (Lipinski definition) is 3. The molecule has 4 N–H and O–H groups in total. The molecular formula is C14H17FN2O2. The minimum absolute atomic E-state index is 0.296. The predicted molar refractivity (Wildman–Crippen MR) is 70.6 cm³/mol. The van der Waals surface area contributed by atoms with Gasteiger partial charge in [0, 0.05) is 6.04 Å². The van der Waals surface area contributed by atoms with E-state index in [0.717, 1.165) is 0 Å². The van der Waals surface area contributed by atoms with Gasteiger partial charge in [-0.3, -0.25) is 0 Å². The molecule has 0 amide bonds. The molecule has 2 aliphatic rings. The van der Waals surface area contributed by atoms with Gasteiger partial charge in [-0.15, -0.1) is 0 Å². The van der Waals surface area contributed by atoms with Crippen molar-refractivity contribution in [2.24, 2.45) is 11.8 Å². The van der Waals surface area contributed by atoms with Crippen molar-refractivity contribution in [3.63, 3.8) is 0 Å². The van der Waals surface area contributed by atoms with E-state index in [-0.39, 0.29) is 5.56 Å². The van der Waals surface area contributed by atoms with Crippen molar-refractivity contribution in [2.45, 2.75) is 31.7 Å². The summed E-state index contributed by atoms with van der Waals surface area (Å²) in [6.45, 7) is 0. The molecule has 0 spiro atoms. The van der Waals surface area contributed by atoms with Crippen LogP contribution >= 0.6 is 0 Å². The fourth-order valence-corrected chi connectivity index (χ4v) is 2.59. The van der Waals surface area contributed by atoms with Crippen LogP contribution in [0.15, 0.2) is 12.1 Å².